The van der Waals surface area contributed by atoms with Crippen molar-refractivity contribution >= 4 is 5.91 Å². The highest BCUT2D eigenvalue weighted by atomic mass is 16.5. The first kappa shape index (κ1) is 17.1. The number of ether oxygens (including phenoxy) is 1. The summed E-state index contributed by atoms with van der Waals surface area (Å²) in [5.41, 5.74) is 1.18. The fourth-order valence-corrected chi connectivity index (χ4v) is 3.45. The van der Waals surface area contributed by atoms with Gasteiger partial charge in [0.05, 0.1) is 11.7 Å². The van der Waals surface area contributed by atoms with Crippen LogP contribution in [0.4, 0.5) is 0 Å². The minimum atomic E-state index is -0.393. The first-order valence-electron chi connectivity index (χ1n) is 8.89. The van der Waals surface area contributed by atoms with Gasteiger partial charge in [-0.3, -0.25) is 14.7 Å². The molecule has 0 saturated heterocycles. The standard InChI is InChI=1S/C21H21N3O3/c1-21(2)13-17(15-10-6-7-11-18(15)27-21)22-20(26)16-12-19(25)24(23-16)14-8-4-3-5-9-14/h3-12,17,23H,13H2,1-2H3,(H,22,26)/t17-/m1/s1. The largest absolute Gasteiger partial charge is 0.487 e. The number of amides is 1. The number of aromatic nitrogens is 2. The summed E-state index contributed by atoms with van der Waals surface area (Å²) in [6.07, 6.45) is 0.638. The first-order chi connectivity index (χ1) is 12.9. The van der Waals surface area contributed by atoms with E-state index in [1.165, 1.54) is 10.7 Å². The molecule has 1 atom stereocenters. The van der Waals surface area contributed by atoms with Crippen LogP contribution in [-0.2, 0) is 0 Å². The van der Waals surface area contributed by atoms with Crippen LogP contribution in [0.5, 0.6) is 5.75 Å². The van der Waals surface area contributed by atoms with Crippen LogP contribution in [0.1, 0.15) is 42.4 Å². The first-order valence-corrected chi connectivity index (χ1v) is 8.89. The Hall–Kier alpha value is -3.28. The molecular weight excluding hydrogens is 342 g/mol. The van der Waals surface area contributed by atoms with E-state index < -0.39 is 5.60 Å². The second-order valence-electron chi connectivity index (χ2n) is 7.31. The Morgan fingerprint density at radius 3 is 2.63 bits per heavy atom. The van der Waals surface area contributed by atoms with Gasteiger partial charge in [-0.2, -0.15) is 0 Å². The van der Waals surface area contributed by atoms with E-state index in [2.05, 4.69) is 10.4 Å². The molecule has 1 amide bonds. The van der Waals surface area contributed by atoms with Crippen molar-refractivity contribution in [2.45, 2.75) is 31.9 Å². The van der Waals surface area contributed by atoms with Gasteiger partial charge in [0.25, 0.3) is 11.5 Å². The Bertz CT molecular complexity index is 1030. The van der Waals surface area contributed by atoms with Crippen molar-refractivity contribution in [1.82, 2.24) is 15.1 Å². The van der Waals surface area contributed by atoms with E-state index in [0.29, 0.717) is 12.1 Å². The smallest absolute Gasteiger partial charge is 0.271 e. The highest BCUT2D eigenvalue weighted by Gasteiger charge is 2.34. The lowest BCUT2D eigenvalue weighted by atomic mass is 9.89. The number of benzene rings is 2. The third-order valence-electron chi connectivity index (χ3n) is 4.66. The average Bonchev–Trinajstić information content (AvgIpc) is 3.03. The molecule has 6 heteroatoms. The molecule has 0 bridgehead atoms. The highest BCUT2D eigenvalue weighted by Crippen LogP contribution is 2.39. The molecule has 0 unspecified atom stereocenters. The zero-order chi connectivity index (χ0) is 19.0. The number of nitrogens with one attached hydrogen (secondary N) is 2. The fourth-order valence-electron chi connectivity index (χ4n) is 3.45. The molecular formula is C21H21N3O3. The van der Waals surface area contributed by atoms with Crippen LogP contribution in [0.2, 0.25) is 0 Å². The Balaban J connectivity index is 1.61. The molecule has 0 spiro atoms. The maximum atomic E-state index is 12.8. The van der Waals surface area contributed by atoms with E-state index in [0.717, 1.165) is 11.3 Å². The molecule has 3 aromatic rings. The van der Waals surface area contributed by atoms with Crippen LogP contribution in [0.15, 0.2) is 65.5 Å². The normalized spacial score (nSPS) is 17.6. The summed E-state index contributed by atoms with van der Waals surface area (Å²) in [5, 5.41) is 5.93. The third kappa shape index (κ3) is 3.38. The van der Waals surface area contributed by atoms with Crippen LogP contribution >= 0.6 is 0 Å². The van der Waals surface area contributed by atoms with Crippen molar-refractivity contribution in [2.75, 3.05) is 0 Å². The summed E-state index contributed by atoms with van der Waals surface area (Å²) in [6.45, 7) is 3.99. The van der Waals surface area contributed by atoms with Crippen LogP contribution in [0.25, 0.3) is 5.69 Å². The summed E-state index contributed by atoms with van der Waals surface area (Å²) in [7, 11) is 0. The Morgan fingerprint density at radius 1 is 1.15 bits per heavy atom. The molecule has 0 radical (unpaired) electrons. The van der Waals surface area contributed by atoms with Crippen molar-refractivity contribution in [3.63, 3.8) is 0 Å². The van der Waals surface area contributed by atoms with Crippen molar-refractivity contribution in [1.29, 1.82) is 0 Å². The molecule has 138 valence electrons. The number of rotatable bonds is 3. The Labute approximate surface area is 156 Å². The summed E-state index contributed by atoms with van der Waals surface area (Å²) < 4.78 is 7.36. The number of nitrogens with zero attached hydrogens (tertiary/aromatic N) is 1. The van der Waals surface area contributed by atoms with Gasteiger partial charge in [-0.15, -0.1) is 0 Å². The molecule has 1 aliphatic heterocycles. The molecule has 2 N–H and O–H groups in total. The predicted molar refractivity (Wildman–Crippen MR) is 102 cm³/mol. The average molecular weight is 363 g/mol. The molecule has 2 aromatic carbocycles. The van der Waals surface area contributed by atoms with Gasteiger partial charge in [-0.25, -0.2) is 4.68 Å². The van der Waals surface area contributed by atoms with Gasteiger partial charge in [0.2, 0.25) is 0 Å². The van der Waals surface area contributed by atoms with Crippen molar-refractivity contribution in [3.05, 3.63) is 82.3 Å². The molecule has 1 aromatic heterocycles. The topological polar surface area (TPSA) is 76.1 Å². The van der Waals surface area contributed by atoms with Gasteiger partial charge in [0, 0.05) is 18.1 Å². The number of para-hydroxylation sites is 2. The van der Waals surface area contributed by atoms with Gasteiger partial charge in [-0.05, 0) is 32.0 Å². The molecule has 1 aliphatic rings. The van der Waals surface area contributed by atoms with Crippen molar-refractivity contribution in [3.8, 4) is 11.4 Å². The van der Waals surface area contributed by atoms with Crippen molar-refractivity contribution < 1.29 is 9.53 Å². The van der Waals surface area contributed by atoms with E-state index in [1.54, 1.807) is 12.1 Å². The number of aromatic amines is 1. The summed E-state index contributed by atoms with van der Waals surface area (Å²) >= 11 is 0. The zero-order valence-electron chi connectivity index (χ0n) is 15.2. The third-order valence-corrected chi connectivity index (χ3v) is 4.66. The van der Waals surface area contributed by atoms with Gasteiger partial charge in [0.15, 0.2) is 0 Å². The Kier molecular flexibility index (Phi) is 4.11. The summed E-state index contributed by atoms with van der Waals surface area (Å²) in [5.74, 6) is 0.452. The SMILES string of the molecule is CC1(C)C[C@@H](NC(=O)c2cc(=O)n(-c3ccccc3)[nH]2)c2ccccc2O1. The summed E-state index contributed by atoms with van der Waals surface area (Å²) in [4.78, 5) is 25.1. The van der Waals surface area contributed by atoms with Crippen LogP contribution in [0, 0.1) is 0 Å². The molecule has 0 aliphatic carbocycles. The van der Waals surface area contributed by atoms with Gasteiger partial charge in [-0.1, -0.05) is 36.4 Å². The number of fused-ring (bicyclic) bond motifs is 1. The molecule has 27 heavy (non-hydrogen) atoms. The molecule has 4 rings (SSSR count). The van der Waals surface area contributed by atoms with E-state index in [-0.39, 0.29) is 23.2 Å². The van der Waals surface area contributed by atoms with Gasteiger partial charge >= 0.3 is 0 Å². The van der Waals surface area contributed by atoms with Gasteiger partial charge in [0.1, 0.15) is 17.0 Å². The van der Waals surface area contributed by atoms with E-state index >= 15 is 0 Å². The van der Waals surface area contributed by atoms with E-state index in [4.69, 9.17) is 4.74 Å². The number of hydrogen-bond donors (Lipinski definition) is 2. The molecule has 6 nitrogen and oxygen atoms in total. The molecule has 0 fully saturated rings. The second kappa shape index (κ2) is 6.46. The maximum absolute atomic E-state index is 12.8. The monoisotopic (exact) mass is 363 g/mol. The fraction of sp³-hybridized carbons (Fsp3) is 0.238. The highest BCUT2D eigenvalue weighted by molar-refractivity contribution is 5.92. The van der Waals surface area contributed by atoms with E-state index in [9.17, 15) is 9.59 Å². The van der Waals surface area contributed by atoms with Gasteiger partial charge < -0.3 is 10.1 Å². The van der Waals surface area contributed by atoms with Crippen molar-refractivity contribution in [2.24, 2.45) is 0 Å². The predicted octanol–water partition coefficient (Wildman–Crippen LogP) is 3.20. The summed E-state index contributed by atoms with van der Waals surface area (Å²) in [6, 6.07) is 18.0. The number of carbonyl (C=O) groups excluding carboxylic acids is 1. The van der Waals surface area contributed by atoms with Crippen LogP contribution in [-0.4, -0.2) is 21.3 Å². The lowest BCUT2D eigenvalue weighted by Crippen LogP contribution is -2.41. The lowest BCUT2D eigenvalue weighted by Gasteiger charge is -2.37. The quantitative estimate of drug-likeness (QED) is 0.750. The number of hydrogen-bond acceptors (Lipinski definition) is 3. The molecule has 0 saturated carbocycles. The number of carbonyl (C=O) groups is 1. The molecule has 2 heterocycles. The zero-order valence-corrected chi connectivity index (χ0v) is 15.2. The minimum Gasteiger partial charge on any atom is -0.487 e. The lowest BCUT2D eigenvalue weighted by molar-refractivity contribution is 0.0618. The van der Waals surface area contributed by atoms with Crippen LogP contribution in [0.3, 0.4) is 0 Å². The number of H-pyrrole nitrogens is 1. The van der Waals surface area contributed by atoms with E-state index in [1.807, 2.05) is 56.3 Å². The second-order valence-corrected chi connectivity index (χ2v) is 7.31. The van der Waals surface area contributed by atoms with Crippen LogP contribution < -0.4 is 15.6 Å². The Morgan fingerprint density at radius 2 is 1.85 bits per heavy atom. The maximum Gasteiger partial charge on any atom is 0.271 e. The minimum absolute atomic E-state index is 0.193.